The molecule has 0 aliphatic carbocycles. The molecular formula is C28H24N2O2S. The van der Waals surface area contributed by atoms with Gasteiger partial charge in [0.1, 0.15) is 0 Å². The molecule has 0 radical (unpaired) electrons. The number of carbonyl (C=O) groups is 2. The highest BCUT2D eigenvalue weighted by Gasteiger charge is 2.15. The molecule has 5 heteroatoms. The molecule has 0 aromatic heterocycles. The Kier molecular flexibility index (Phi) is 7.22. The number of amides is 2. The first-order chi connectivity index (χ1) is 16.1. The summed E-state index contributed by atoms with van der Waals surface area (Å²) in [5.41, 5.74) is 2.42. The highest BCUT2D eigenvalue weighted by Crippen LogP contribution is 2.27. The fourth-order valence-corrected chi connectivity index (χ4v) is 4.26. The summed E-state index contributed by atoms with van der Waals surface area (Å²) in [6, 6.07) is 31.1. The minimum Gasteiger partial charge on any atom is -0.325 e. The van der Waals surface area contributed by atoms with Crippen LogP contribution in [-0.2, 0) is 9.59 Å². The Hall–Kier alpha value is -3.83. The van der Waals surface area contributed by atoms with E-state index in [4.69, 9.17) is 0 Å². The highest BCUT2D eigenvalue weighted by molar-refractivity contribution is 8.00. The van der Waals surface area contributed by atoms with E-state index < -0.39 is 0 Å². The van der Waals surface area contributed by atoms with Gasteiger partial charge in [-0.3, -0.25) is 9.59 Å². The van der Waals surface area contributed by atoms with Gasteiger partial charge < -0.3 is 10.6 Å². The Balaban J connectivity index is 1.35. The summed E-state index contributed by atoms with van der Waals surface area (Å²) in [6.45, 7) is 1.87. The molecule has 4 aromatic carbocycles. The van der Waals surface area contributed by atoms with Crippen molar-refractivity contribution in [1.82, 2.24) is 0 Å². The first-order valence-corrected chi connectivity index (χ1v) is 11.6. The summed E-state index contributed by atoms with van der Waals surface area (Å²) < 4.78 is 0. The van der Waals surface area contributed by atoms with Gasteiger partial charge in [-0.2, -0.15) is 0 Å². The van der Waals surface area contributed by atoms with Gasteiger partial charge in [-0.25, -0.2) is 0 Å². The van der Waals surface area contributed by atoms with Crippen molar-refractivity contribution in [2.45, 2.75) is 17.1 Å². The lowest BCUT2D eigenvalue weighted by Crippen LogP contribution is -2.22. The number of benzene rings is 4. The first-order valence-electron chi connectivity index (χ1n) is 10.7. The third-order valence-corrected chi connectivity index (χ3v) is 6.12. The quantitative estimate of drug-likeness (QED) is 0.245. The van der Waals surface area contributed by atoms with E-state index in [-0.39, 0.29) is 17.1 Å². The van der Waals surface area contributed by atoms with E-state index >= 15 is 0 Å². The molecule has 0 spiro atoms. The summed E-state index contributed by atoms with van der Waals surface area (Å²) in [5.74, 6) is -0.279. The molecule has 1 atom stereocenters. The van der Waals surface area contributed by atoms with Crippen molar-refractivity contribution in [1.29, 1.82) is 0 Å². The Morgan fingerprint density at radius 2 is 1.48 bits per heavy atom. The van der Waals surface area contributed by atoms with Crippen LogP contribution in [0.25, 0.3) is 16.8 Å². The van der Waals surface area contributed by atoms with Crippen molar-refractivity contribution in [3.05, 3.63) is 109 Å². The number of fused-ring (bicyclic) bond motifs is 1. The Labute approximate surface area is 197 Å². The second kappa shape index (κ2) is 10.7. The van der Waals surface area contributed by atoms with E-state index in [0.29, 0.717) is 5.69 Å². The fourth-order valence-electron chi connectivity index (χ4n) is 3.34. The summed E-state index contributed by atoms with van der Waals surface area (Å²) in [5, 5.41) is 7.78. The standard InChI is InChI=1S/C28H24N2O2S/c1-20(28(32)30-25-16-15-22-10-5-6-11-23(22)18-25)33-26-13-7-12-24(19-26)29-27(31)17-14-21-8-3-2-4-9-21/h2-20H,1H3,(H,29,31)(H,30,32)/b17-14+. The van der Waals surface area contributed by atoms with Crippen LogP contribution in [-0.4, -0.2) is 17.1 Å². The van der Waals surface area contributed by atoms with Gasteiger partial charge in [0.15, 0.2) is 0 Å². The lowest BCUT2D eigenvalue weighted by Gasteiger charge is -2.13. The van der Waals surface area contributed by atoms with Crippen molar-refractivity contribution in [2.24, 2.45) is 0 Å². The van der Waals surface area contributed by atoms with Gasteiger partial charge in [0, 0.05) is 22.3 Å². The normalized spacial score (nSPS) is 11.9. The average molecular weight is 453 g/mol. The van der Waals surface area contributed by atoms with Crippen LogP contribution in [0.15, 0.2) is 108 Å². The van der Waals surface area contributed by atoms with Crippen LogP contribution in [0.2, 0.25) is 0 Å². The SMILES string of the molecule is CC(Sc1cccc(NC(=O)/C=C/c2ccccc2)c1)C(=O)Nc1ccc2ccccc2c1. The molecule has 2 amide bonds. The largest absolute Gasteiger partial charge is 0.325 e. The topological polar surface area (TPSA) is 58.2 Å². The van der Waals surface area contributed by atoms with E-state index in [9.17, 15) is 9.59 Å². The van der Waals surface area contributed by atoms with Gasteiger partial charge in [0.2, 0.25) is 11.8 Å². The number of anilines is 2. The summed E-state index contributed by atoms with van der Waals surface area (Å²) in [7, 11) is 0. The maximum absolute atomic E-state index is 12.7. The van der Waals surface area contributed by atoms with Crippen LogP contribution < -0.4 is 10.6 Å². The van der Waals surface area contributed by atoms with Crippen molar-refractivity contribution in [3.8, 4) is 0 Å². The Morgan fingerprint density at radius 1 is 0.758 bits per heavy atom. The van der Waals surface area contributed by atoms with E-state index in [0.717, 1.165) is 26.9 Å². The molecule has 2 N–H and O–H groups in total. The van der Waals surface area contributed by atoms with Gasteiger partial charge >= 0.3 is 0 Å². The summed E-state index contributed by atoms with van der Waals surface area (Å²) >= 11 is 1.44. The van der Waals surface area contributed by atoms with Crippen LogP contribution in [0.4, 0.5) is 11.4 Å². The number of carbonyl (C=O) groups excluding carboxylic acids is 2. The van der Waals surface area contributed by atoms with Gasteiger partial charge in [-0.05, 0) is 59.7 Å². The van der Waals surface area contributed by atoms with E-state index in [1.807, 2.05) is 104 Å². The zero-order valence-electron chi connectivity index (χ0n) is 18.2. The van der Waals surface area contributed by atoms with Crippen LogP contribution in [0, 0.1) is 0 Å². The molecule has 0 saturated heterocycles. The predicted molar refractivity (Wildman–Crippen MR) is 138 cm³/mol. The minimum atomic E-state index is -0.305. The van der Waals surface area contributed by atoms with E-state index in [2.05, 4.69) is 10.6 Å². The molecule has 0 fully saturated rings. The molecular weight excluding hydrogens is 428 g/mol. The predicted octanol–water partition coefficient (Wildman–Crippen LogP) is 6.61. The molecule has 33 heavy (non-hydrogen) atoms. The zero-order valence-corrected chi connectivity index (χ0v) is 19.0. The molecule has 1 unspecified atom stereocenters. The highest BCUT2D eigenvalue weighted by atomic mass is 32.2. The minimum absolute atomic E-state index is 0.0736. The maximum Gasteiger partial charge on any atom is 0.248 e. The number of rotatable bonds is 7. The van der Waals surface area contributed by atoms with Gasteiger partial charge in [0.05, 0.1) is 5.25 Å². The smallest absolute Gasteiger partial charge is 0.248 e. The molecule has 4 rings (SSSR count). The summed E-state index contributed by atoms with van der Waals surface area (Å²) in [4.78, 5) is 25.9. The Bertz CT molecular complexity index is 1300. The molecule has 0 bridgehead atoms. The van der Waals surface area contributed by atoms with Crippen molar-refractivity contribution < 1.29 is 9.59 Å². The third-order valence-electron chi connectivity index (χ3n) is 5.03. The molecule has 0 aliphatic heterocycles. The number of hydrogen-bond donors (Lipinski definition) is 2. The number of thioether (sulfide) groups is 1. The second-order valence-corrected chi connectivity index (χ2v) is 8.99. The second-order valence-electron chi connectivity index (χ2n) is 7.57. The molecule has 4 aromatic rings. The monoisotopic (exact) mass is 452 g/mol. The third kappa shape index (κ3) is 6.34. The van der Waals surface area contributed by atoms with Gasteiger partial charge in [-0.15, -0.1) is 11.8 Å². The molecule has 0 aliphatic rings. The number of nitrogens with one attached hydrogen (secondary N) is 2. The van der Waals surface area contributed by atoms with Crippen molar-refractivity contribution in [2.75, 3.05) is 10.6 Å². The lowest BCUT2D eigenvalue weighted by molar-refractivity contribution is -0.115. The fraction of sp³-hybridized carbons (Fsp3) is 0.0714. The molecule has 0 heterocycles. The van der Waals surface area contributed by atoms with E-state index in [1.54, 1.807) is 6.08 Å². The van der Waals surface area contributed by atoms with Gasteiger partial charge in [-0.1, -0.05) is 66.7 Å². The van der Waals surface area contributed by atoms with Crippen LogP contribution in [0.5, 0.6) is 0 Å². The average Bonchev–Trinajstić information content (AvgIpc) is 2.83. The van der Waals surface area contributed by atoms with Crippen LogP contribution in [0.3, 0.4) is 0 Å². The van der Waals surface area contributed by atoms with Crippen molar-refractivity contribution >= 4 is 51.8 Å². The first kappa shape index (κ1) is 22.4. The van der Waals surface area contributed by atoms with Crippen LogP contribution in [0.1, 0.15) is 12.5 Å². The maximum atomic E-state index is 12.7. The molecule has 0 saturated carbocycles. The van der Waals surface area contributed by atoms with E-state index in [1.165, 1.54) is 17.8 Å². The zero-order chi connectivity index (χ0) is 23.0. The summed E-state index contributed by atoms with van der Waals surface area (Å²) in [6.07, 6.45) is 3.28. The molecule has 4 nitrogen and oxygen atoms in total. The lowest BCUT2D eigenvalue weighted by atomic mass is 10.1. The number of hydrogen-bond acceptors (Lipinski definition) is 3. The Morgan fingerprint density at radius 3 is 2.30 bits per heavy atom. The van der Waals surface area contributed by atoms with Crippen LogP contribution >= 0.6 is 11.8 Å². The van der Waals surface area contributed by atoms with Crippen molar-refractivity contribution in [3.63, 3.8) is 0 Å². The van der Waals surface area contributed by atoms with Gasteiger partial charge in [0.25, 0.3) is 0 Å². The molecule has 164 valence electrons.